The van der Waals surface area contributed by atoms with Crippen molar-refractivity contribution >= 4 is 21.6 Å². The first-order chi connectivity index (χ1) is 12.4. The Morgan fingerprint density at radius 1 is 1.15 bits per heavy atom. The monoisotopic (exact) mass is 387 g/mol. The highest BCUT2D eigenvalue weighted by Crippen LogP contribution is 2.36. The Hall–Kier alpha value is -2.15. The summed E-state index contributed by atoms with van der Waals surface area (Å²) in [4.78, 5) is 0.217. The molecule has 1 atom stereocenters. The lowest BCUT2D eigenvalue weighted by molar-refractivity contribution is 0.371. The van der Waals surface area contributed by atoms with E-state index in [0.717, 1.165) is 16.7 Å². The van der Waals surface area contributed by atoms with Gasteiger partial charge in [0.2, 0.25) is 10.0 Å². The number of aryl methyl sites for hydroxylation is 1. The summed E-state index contributed by atoms with van der Waals surface area (Å²) in [7, 11) is -1.78. The predicted octanol–water partition coefficient (Wildman–Crippen LogP) is 3.41. The lowest BCUT2D eigenvalue weighted by atomic mass is 9.87. The highest BCUT2D eigenvalue weighted by atomic mass is 35.5. The van der Waals surface area contributed by atoms with E-state index in [1.165, 1.54) is 10.4 Å². The van der Waals surface area contributed by atoms with Gasteiger partial charge in [-0.3, -0.25) is 4.68 Å². The van der Waals surface area contributed by atoms with Gasteiger partial charge in [0.15, 0.2) is 0 Å². The van der Waals surface area contributed by atoms with Crippen LogP contribution in [-0.4, -0.2) is 29.0 Å². The molecule has 5 nitrogen and oxygen atoms in total. The third-order valence-electron chi connectivity index (χ3n) is 4.72. The van der Waals surface area contributed by atoms with Gasteiger partial charge in [-0.15, -0.1) is 0 Å². The van der Waals surface area contributed by atoms with Gasteiger partial charge in [-0.2, -0.15) is 9.40 Å². The Morgan fingerprint density at radius 3 is 2.69 bits per heavy atom. The van der Waals surface area contributed by atoms with E-state index in [2.05, 4.69) is 11.2 Å². The number of rotatable bonds is 3. The van der Waals surface area contributed by atoms with E-state index in [-0.39, 0.29) is 10.8 Å². The molecular weight excluding hydrogens is 370 g/mol. The number of nitrogens with zero attached hydrogens (tertiary/aromatic N) is 3. The highest BCUT2D eigenvalue weighted by Gasteiger charge is 2.34. The van der Waals surface area contributed by atoms with Crippen molar-refractivity contribution in [2.75, 3.05) is 6.54 Å². The van der Waals surface area contributed by atoms with E-state index in [1.54, 1.807) is 29.1 Å². The first-order valence-corrected chi connectivity index (χ1v) is 10.1. The molecule has 0 aliphatic carbocycles. The van der Waals surface area contributed by atoms with Crippen molar-refractivity contribution in [3.63, 3.8) is 0 Å². The fourth-order valence-corrected chi connectivity index (χ4v) is 5.17. The number of benzene rings is 2. The zero-order valence-electron chi connectivity index (χ0n) is 14.2. The maximum atomic E-state index is 13.2. The van der Waals surface area contributed by atoms with Gasteiger partial charge >= 0.3 is 0 Å². The molecule has 7 heteroatoms. The van der Waals surface area contributed by atoms with Crippen LogP contribution in [-0.2, 0) is 23.6 Å². The van der Waals surface area contributed by atoms with Crippen LogP contribution in [0.2, 0.25) is 5.02 Å². The van der Waals surface area contributed by atoms with E-state index < -0.39 is 10.0 Å². The predicted molar refractivity (Wildman–Crippen MR) is 101 cm³/mol. The van der Waals surface area contributed by atoms with Gasteiger partial charge in [-0.1, -0.05) is 41.9 Å². The Morgan fingerprint density at radius 2 is 1.96 bits per heavy atom. The first-order valence-electron chi connectivity index (χ1n) is 8.27. The van der Waals surface area contributed by atoms with Crippen LogP contribution in [0.1, 0.15) is 22.6 Å². The van der Waals surface area contributed by atoms with Crippen LogP contribution >= 0.6 is 11.6 Å². The third-order valence-corrected chi connectivity index (χ3v) is 6.77. The largest absolute Gasteiger partial charge is 0.276 e. The van der Waals surface area contributed by atoms with Gasteiger partial charge in [-0.05, 0) is 34.9 Å². The number of aromatic nitrogens is 2. The van der Waals surface area contributed by atoms with Crippen LogP contribution in [0.5, 0.6) is 0 Å². The summed E-state index contributed by atoms with van der Waals surface area (Å²) in [5, 5.41) is 4.66. The molecule has 4 rings (SSSR count). The van der Waals surface area contributed by atoms with Crippen molar-refractivity contribution in [2.24, 2.45) is 7.05 Å². The standard InChI is InChI=1S/C19H18ClN3O2S/c1-22-11-15(10-21-22)19-13-23(12-14-5-2-3-8-18(14)19)26(24,25)17-7-4-6-16(20)9-17/h2-11,19H,12-13H2,1H3. The molecule has 0 spiro atoms. The number of sulfonamides is 1. The summed E-state index contributed by atoms with van der Waals surface area (Å²) in [6.07, 6.45) is 3.74. The normalized spacial score (nSPS) is 17.8. The van der Waals surface area contributed by atoms with Gasteiger partial charge in [0.25, 0.3) is 0 Å². The number of fused-ring (bicyclic) bond motifs is 1. The highest BCUT2D eigenvalue weighted by molar-refractivity contribution is 7.89. The maximum Gasteiger partial charge on any atom is 0.243 e. The lowest BCUT2D eigenvalue weighted by Gasteiger charge is -2.33. The van der Waals surface area contributed by atoms with Gasteiger partial charge < -0.3 is 0 Å². The molecule has 2 aromatic carbocycles. The van der Waals surface area contributed by atoms with Gasteiger partial charge in [-0.25, -0.2) is 8.42 Å². The molecular formula is C19H18ClN3O2S. The van der Waals surface area contributed by atoms with Crippen molar-refractivity contribution in [1.82, 2.24) is 14.1 Å². The van der Waals surface area contributed by atoms with Gasteiger partial charge in [0.1, 0.15) is 0 Å². The average Bonchev–Trinajstić information content (AvgIpc) is 3.07. The van der Waals surface area contributed by atoms with E-state index in [4.69, 9.17) is 11.6 Å². The molecule has 0 N–H and O–H groups in total. The fourth-order valence-electron chi connectivity index (χ4n) is 3.44. The second kappa shape index (κ2) is 6.54. The van der Waals surface area contributed by atoms with Gasteiger partial charge in [0.05, 0.1) is 11.1 Å². The Balaban J connectivity index is 1.78. The third kappa shape index (κ3) is 3.05. The molecule has 134 valence electrons. The number of halogens is 1. The molecule has 0 amide bonds. The number of hydrogen-bond acceptors (Lipinski definition) is 3. The molecule has 1 aromatic heterocycles. The van der Waals surface area contributed by atoms with Crippen molar-refractivity contribution < 1.29 is 8.42 Å². The summed E-state index contributed by atoms with van der Waals surface area (Å²) < 4.78 is 29.6. The molecule has 0 bridgehead atoms. The Kier molecular flexibility index (Phi) is 4.34. The molecule has 2 heterocycles. The van der Waals surface area contributed by atoms with Crippen molar-refractivity contribution in [2.45, 2.75) is 17.4 Å². The van der Waals surface area contributed by atoms with Gasteiger partial charge in [0, 0.05) is 37.3 Å². The zero-order valence-corrected chi connectivity index (χ0v) is 15.8. The quantitative estimate of drug-likeness (QED) is 0.692. The molecule has 0 fully saturated rings. The second-order valence-corrected chi connectivity index (χ2v) is 8.83. The Bertz CT molecular complexity index is 1060. The van der Waals surface area contributed by atoms with E-state index in [0.29, 0.717) is 18.1 Å². The minimum atomic E-state index is -3.64. The van der Waals surface area contributed by atoms with Crippen molar-refractivity contribution in [3.05, 3.63) is 82.6 Å². The second-order valence-electron chi connectivity index (χ2n) is 6.45. The topological polar surface area (TPSA) is 55.2 Å². The SMILES string of the molecule is Cn1cc(C2CN(S(=O)(=O)c3cccc(Cl)c3)Cc3ccccc32)cn1. The van der Waals surface area contributed by atoms with Crippen LogP contribution < -0.4 is 0 Å². The summed E-state index contributed by atoms with van der Waals surface area (Å²) in [5.74, 6) is -0.0531. The minimum absolute atomic E-state index is 0.0531. The molecule has 1 unspecified atom stereocenters. The van der Waals surface area contributed by atoms with Crippen molar-refractivity contribution in [1.29, 1.82) is 0 Å². The maximum absolute atomic E-state index is 13.2. The smallest absolute Gasteiger partial charge is 0.243 e. The number of hydrogen-bond donors (Lipinski definition) is 0. The molecule has 0 radical (unpaired) electrons. The van der Waals surface area contributed by atoms with Crippen LogP contribution in [0.4, 0.5) is 0 Å². The summed E-state index contributed by atoms with van der Waals surface area (Å²) in [6, 6.07) is 14.4. The van der Waals surface area contributed by atoms with E-state index in [9.17, 15) is 8.42 Å². The molecule has 1 aliphatic heterocycles. The Labute approximate surface area is 157 Å². The van der Waals surface area contributed by atoms with Crippen LogP contribution in [0.3, 0.4) is 0 Å². The summed E-state index contributed by atoms with van der Waals surface area (Å²) in [6.45, 7) is 0.722. The molecule has 26 heavy (non-hydrogen) atoms. The first kappa shape index (κ1) is 17.3. The summed E-state index contributed by atoms with van der Waals surface area (Å²) >= 11 is 6.00. The van der Waals surface area contributed by atoms with Crippen LogP contribution in [0.15, 0.2) is 65.8 Å². The zero-order chi connectivity index (χ0) is 18.3. The fraction of sp³-hybridized carbons (Fsp3) is 0.211. The van der Waals surface area contributed by atoms with E-state index >= 15 is 0 Å². The van der Waals surface area contributed by atoms with E-state index in [1.807, 2.05) is 31.4 Å². The molecule has 1 aliphatic rings. The van der Waals surface area contributed by atoms with Crippen molar-refractivity contribution in [3.8, 4) is 0 Å². The lowest BCUT2D eigenvalue weighted by Crippen LogP contribution is -2.38. The van der Waals surface area contributed by atoms with Crippen LogP contribution in [0.25, 0.3) is 0 Å². The summed E-state index contributed by atoms with van der Waals surface area (Å²) in [5.41, 5.74) is 3.17. The molecule has 0 saturated carbocycles. The molecule has 3 aromatic rings. The minimum Gasteiger partial charge on any atom is -0.276 e. The average molecular weight is 388 g/mol. The van der Waals surface area contributed by atoms with Crippen LogP contribution in [0, 0.1) is 0 Å². The molecule has 0 saturated heterocycles.